The van der Waals surface area contributed by atoms with Crippen molar-refractivity contribution in [2.75, 3.05) is 6.54 Å². The number of halogens is 1. The van der Waals surface area contributed by atoms with Gasteiger partial charge in [0.15, 0.2) is 0 Å². The minimum absolute atomic E-state index is 0.0950. The third kappa shape index (κ3) is 3.21. The molecule has 0 atom stereocenters. The Bertz CT molecular complexity index is 955. The maximum atomic E-state index is 13.9. The molecule has 3 aromatic rings. The standard InChI is InChI=1S/C19H17FN4O/c20-16-4-2-1-3-14(16)11-24-10-7-15-17(12-24)22-18(23-19(15)25)13-5-8-21-9-6-13/h1-6,8-9H,7,10-12H2,(H,22,23,25). The summed E-state index contributed by atoms with van der Waals surface area (Å²) in [6.45, 7) is 1.75. The topological polar surface area (TPSA) is 61.9 Å². The molecule has 1 aliphatic rings. The van der Waals surface area contributed by atoms with Gasteiger partial charge in [-0.2, -0.15) is 0 Å². The number of nitrogens with zero attached hydrogens (tertiary/aromatic N) is 3. The molecule has 0 saturated heterocycles. The van der Waals surface area contributed by atoms with Crippen LogP contribution in [0.1, 0.15) is 16.8 Å². The number of rotatable bonds is 3. The molecule has 3 heterocycles. The lowest BCUT2D eigenvalue weighted by molar-refractivity contribution is 0.237. The van der Waals surface area contributed by atoms with Crippen LogP contribution in [0.2, 0.25) is 0 Å². The van der Waals surface area contributed by atoms with Gasteiger partial charge in [-0.15, -0.1) is 0 Å². The van der Waals surface area contributed by atoms with E-state index in [1.807, 2.05) is 18.2 Å². The van der Waals surface area contributed by atoms with E-state index in [0.717, 1.165) is 16.8 Å². The van der Waals surface area contributed by atoms with Gasteiger partial charge in [0.1, 0.15) is 11.6 Å². The molecular formula is C19H17FN4O. The summed E-state index contributed by atoms with van der Waals surface area (Å²) < 4.78 is 13.9. The summed E-state index contributed by atoms with van der Waals surface area (Å²) in [5.74, 6) is 0.337. The highest BCUT2D eigenvalue weighted by Gasteiger charge is 2.22. The predicted molar refractivity (Wildman–Crippen MR) is 92.3 cm³/mol. The number of benzene rings is 1. The van der Waals surface area contributed by atoms with Gasteiger partial charge in [0.2, 0.25) is 0 Å². The first-order chi connectivity index (χ1) is 12.2. The fourth-order valence-electron chi connectivity index (χ4n) is 3.14. The lowest BCUT2D eigenvalue weighted by atomic mass is 10.0. The molecule has 0 amide bonds. The van der Waals surface area contributed by atoms with Crippen molar-refractivity contribution >= 4 is 0 Å². The molecule has 0 spiro atoms. The molecule has 126 valence electrons. The van der Waals surface area contributed by atoms with Crippen LogP contribution in [-0.2, 0) is 19.5 Å². The molecule has 25 heavy (non-hydrogen) atoms. The maximum Gasteiger partial charge on any atom is 0.254 e. The van der Waals surface area contributed by atoms with E-state index in [0.29, 0.717) is 37.4 Å². The van der Waals surface area contributed by atoms with Crippen molar-refractivity contribution < 1.29 is 4.39 Å². The molecule has 0 unspecified atom stereocenters. The number of nitrogens with one attached hydrogen (secondary N) is 1. The van der Waals surface area contributed by atoms with E-state index in [4.69, 9.17) is 0 Å². The van der Waals surface area contributed by atoms with Gasteiger partial charge in [0.05, 0.1) is 5.69 Å². The predicted octanol–water partition coefficient (Wildman–Crippen LogP) is 2.53. The Morgan fingerprint density at radius 2 is 1.96 bits per heavy atom. The molecule has 4 rings (SSSR count). The van der Waals surface area contributed by atoms with Crippen LogP contribution in [0.5, 0.6) is 0 Å². The zero-order valence-electron chi connectivity index (χ0n) is 13.6. The average Bonchev–Trinajstić information content (AvgIpc) is 2.64. The molecule has 0 fully saturated rings. The van der Waals surface area contributed by atoms with Crippen LogP contribution in [-0.4, -0.2) is 26.4 Å². The summed E-state index contributed by atoms with van der Waals surface area (Å²) in [7, 11) is 0. The fraction of sp³-hybridized carbons (Fsp3) is 0.211. The SMILES string of the molecule is O=c1[nH]c(-c2ccncc2)nc2c1CCN(Cc1ccccc1F)C2. The number of hydrogen-bond donors (Lipinski definition) is 1. The van der Waals surface area contributed by atoms with Crippen LogP contribution in [0, 0.1) is 5.82 Å². The Morgan fingerprint density at radius 1 is 1.16 bits per heavy atom. The summed E-state index contributed by atoms with van der Waals surface area (Å²) in [4.78, 5) is 26.0. The van der Waals surface area contributed by atoms with Crippen LogP contribution in [0.4, 0.5) is 4.39 Å². The molecule has 1 aromatic carbocycles. The average molecular weight is 336 g/mol. The van der Waals surface area contributed by atoms with Gasteiger partial charge >= 0.3 is 0 Å². The third-order valence-electron chi connectivity index (χ3n) is 4.46. The molecule has 2 aromatic heterocycles. The number of aromatic nitrogens is 3. The Labute approximate surface area is 144 Å². The van der Waals surface area contributed by atoms with E-state index in [2.05, 4.69) is 19.9 Å². The number of H-pyrrole nitrogens is 1. The van der Waals surface area contributed by atoms with Crippen LogP contribution < -0.4 is 5.56 Å². The number of aromatic amines is 1. The monoisotopic (exact) mass is 336 g/mol. The molecule has 0 radical (unpaired) electrons. The van der Waals surface area contributed by atoms with Crippen LogP contribution >= 0.6 is 0 Å². The van der Waals surface area contributed by atoms with E-state index in [9.17, 15) is 9.18 Å². The van der Waals surface area contributed by atoms with Crippen LogP contribution in [0.15, 0.2) is 53.6 Å². The quantitative estimate of drug-likeness (QED) is 0.798. The molecule has 1 N–H and O–H groups in total. The molecule has 0 bridgehead atoms. The Kier molecular flexibility index (Phi) is 4.11. The Hall–Kier alpha value is -2.86. The highest BCUT2D eigenvalue weighted by atomic mass is 19.1. The molecule has 0 aliphatic carbocycles. The zero-order chi connectivity index (χ0) is 17.2. The molecule has 5 nitrogen and oxygen atoms in total. The van der Waals surface area contributed by atoms with Crippen molar-refractivity contribution in [2.24, 2.45) is 0 Å². The molecule has 6 heteroatoms. The lowest BCUT2D eigenvalue weighted by Gasteiger charge is -2.27. The summed E-state index contributed by atoms with van der Waals surface area (Å²) in [5.41, 5.74) is 2.87. The van der Waals surface area contributed by atoms with Crippen LogP contribution in [0.25, 0.3) is 11.4 Å². The van der Waals surface area contributed by atoms with Crippen molar-refractivity contribution in [3.05, 3.63) is 81.8 Å². The van der Waals surface area contributed by atoms with Crippen molar-refractivity contribution in [1.29, 1.82) is 0 Å². The van der Waals surface area contributed by atoms with Crippen molar-refractivity contribution in [3.63, 3.8) is 0 Å². The van der Waals surface area contributed by atoms with Gasteiger partial charge in [0.25, 0.3) is 5.56 Å². The van der Waals surface area contributed by atoms with Gasteiger partial charge in [-0.05, 0) is 24.6 Å². The highest BCUT2D eigenvalue weighted by molar-refractivity contribution is 5.54. The number of hydrogen-bond acceptors (Lipinski definition) is 4. The van der Waals surface area contributed by atoms with E-state index < -0.39 is 0 Å². The second kappa shape index (κ2) is 6.57. The Morgan fingerprint density at radius 3 is 2.76 bits per heavy atom. The summed E-state index contributed by atoms with van der Waals surface area (Å²) in [6, 6.07) is 10.4. The Balaban J connectivity index is 1.63. The largest absolute Gasteiger partial charge is 0.306 e. The second-order valence-electron chi connectivity index (χ2n) is 6.13. The lowest BCUT2D eigenvalue weighted by Crippen LogP contribution is -2.35. The minimum atomic E-state index is -0.204. The molecule has 1 aliphatic heterocycles. The minimum Gasteiger partial charge on any atom is -0.306 e. The summed E-state index contributed by atoms with van der Waals surface area (Å²) in [6.07, 6.45) is 3.95. The van der Waals surface area contributed by atoms with Gasteiger partial charge in [-0.25, -0.2) is 9.37 Å². The number of fused-ring (bicyclic) bond motifs is 1. The first-order valence-electron chi connectivity index (χ1n) is 8.19. The third-order valence-corrected chi connectivity index (χ3v) is 4.46. The van der Waals surface area contributed by atoms with E-state index in [1.54, 1.807) is 24.5 Å². The molecule has 0 saturated carbocycles. The van der Waals surface area contributed by atoms with Crippen molar-refractivity contribution in [3.8, 4) is 11.4 Å². The maximum absolute atomic E-state index is 13.9. The van der Waals surface area contributed by atoms with Crippen molar-refractivity contribution in [2.45, 2.75) is 19.5 Å². The van der Waals surface area contributed by atoms with Gasteiger partial charge in [-0.1, -0.05) is 18.2 Å². The number of pyridine rings is 1. The summed E-state index contributed by atoms with van der Waals surface area (Å²) in [5, 5.41) is 0. The first kappa shape index (κ1) is 15.7. The van der Waals surface area contributed by atoms with E-state index in [-0.39, 0.29) is 11.4 Å². The summed E-state index contributed by atoms with van der Waals surface area (Å²) >= 11 is 0. The van der Waals surface area contributed by atoms with E-state index in [1.165, 1.54) is 6.07 Å². The van der Waals surface area contributed by atoms with Crippen LogP contribution in [0.3, 0.4) is 0 Å². The normalized spacial score (nSPS) is 14.3. The highest BCUT2D eigenvalue weighted by Crippen LogP contribution is 2.20. The fourth-order valence-corrected chi connectivity index (χ4v) is 3.14. The van der Waals surface area contributed by atoms with Gasteiger partial charge < -0.3 is 4.98 Å². The molecular weight excluding hydrogens is 319 g/mol. The second-order valence-corrected chi connectivity index (χ2v) is 6.13. The van der Waals surface area contributed by atoms with Gasteiger partial charge in [0, 0.05) is 48.7 Å². The van der Waals surface area contributed by atoms with E-state index >= 15 is 0 Å². The van der Waals surface area contributed by atoms with Crippen molar-refractivity contribution in [1.82, 2.24) is 19.9 Å². The first-order valence-corrected chi connectivity index (χ1v) is 8.19. The zero-order valence-corrected chi connectivity index (χ0v) is 13.6. The van der Waals surface area contributed by atoms with Gasteiger partial charge in [-0.3, -0.25) is 14.7 Å². The smallest absolute Gasteiger partial charge is 0.254 e.